The second kappa shape index (κ2) is 11.5. The van der Waals surface area contributed by atoms with Gasteiger partial charge in [0.05, 0.1) is 24.3 Å². The van der Waals surface area contributed by atoms with E-state index >= 15 is 0 Å². The van der Waals surface area contributed by atoms with E-state index < -0.39 is 11.9 Å². The number of benzene rings is 1. The zero-order valence-corrected chi connectivity index (χ0v) is 20.3. The molecule has 0 fully saturated rings. The Morgan fingerprint density at radius 3 is 1.37 bits per heavy atom. The van der Waals surface area contributed by atoms with Crippen molar-refractivity contribution in [1.82, 2.24) is 0 Å². The molecule has 1 rings (SSSR count). The van der Waals surface area contributed by atoms with Crippen LogP contribution in [-0.4, -0.2) is 25.2 Å². The summed E-state index contributed by atoms with van der Waals surface area (Å²) in [5, 5.41) is 0. The van der Waals surface area contributed by atoms with Gasteiger partial charge in [0.2, 0.25) is 0 Å². The number of hydrogen-bond donors (Lipinski definition) is 0. The molecule has 0 aliphatic carbocycles. The predicted molar refractivity (Wildman–Crippen MR) is 123 cm³/mol. The molecule has 4 heteroatoms. The van der Waals surface area contributed by atoms with Gasteiger partial charge in [-0.15, -0.1) is 0 Å². The molecule has 0 N–H and O–H groups in total. The Labute approximate surface area is 183 Å². The minimum Gasteiger partial charge on any atom is -0.462 e. The fraction of sp³-hybridized carbons (Fsp3) is 0.692. The van der Waals surface area contributed by atoms with Crippen LogP contribution in [0.2, 0.25) is 0 Å². The van der Waals surface area contributed by atoms with Gasteiger partial charge in [-0.3, -0.25) is 0 Å². The van der Waals surface area contributed by atoms with E-state index in [4.69, 9.17) is 9.47 Å². The van der Waals surface area contributed by atoms with Crippen LogP contribution in [0, 0.1) is 22.7 Å². The molecular weight excluding hydrogens is 376 g/mol. The maximum Gasteiger partial charge on any atom is 0.339 e. The van der Waals surface area contributed by atoms with Gasteiger partial charge in [0.25, 0.3) is 0 Å². The molecule has 1 aromatic carbocycles. The van der Waals surface area contributed by atoms with Gasteiger partial charge in [0.15, 0.2) is 0 Å². The molecule has 0 amide bonds. The highest BCUT2D eigenvalue weighted by Gasteiger charge is 2.22. The highest BCUT2D eigenvalue weighted by Crippen LogP contribution is 2.29. The average molecular weight is 419 g/mol. The predicted octanol–water partition coefficient (Wildman–Crippen LogP) is 6.93. The van der Waals surface area contributed by atoms with E-state index in [-0.39, 0.29) is 22.0 Å². The second-order valence-electron chi connectivity index (χ2n) is 10.6. The first-order valence-electron chi connectivity index (χ1n) is 11.3. The van der Waals surface area contributed by atoms with E-state index in [1.807, 2.05) is 0 Å². The zero-order valence-electron chi connectivity index (χ0n) is 20.3. The van der Waals surface area contributed by atoms with Crippen molar-refractivity contribution in [3.8, 4) is 0 Å². The number of esters is 2. The van der Waals surface area contributed by atoms with E-state index in [0.717, 1.165) is 25.7 Å². The molecule has 1 aromatic rings. The van der Waals surface area contributed by atoms with E-state index in [2.05, 4.69) is 55.4 Å². The maximum atomic E-state index is 12.5. The minimum absolute atomic E-state index is 0.241. The summed E-state index contributed by atoms with van der Waals surface area (Å²) < 4.78 is 10.9. The van der Waals surface area contributed by atoms with Gasteiger partial charge < -0.3 is 9.47 Å². The molecule has 0 aliphatic heterocycles. The summed E-state index contributed by atoms with van der Waals surface area (Å²) in [6.07, 6.45) is 3.60. The van der Waals surface area contributed by atoms with Gasteiger partial charge >= 0.3 is 11.9 Å². The third kappa shape index (κ3) is 8.89. The largest absolute Gasteiger partial charge is 0.462 e. The van der Waals surface area contributed by atoms with Crippen LogP contribution >= 0.6 is 0 Å². The number of rotatable bonds is 10. The lowest BCUT2D eigenvalue weighted by Crippen LogP contribution is -2.19. The first-order valence-corrected chi connectivity index (χ1v) is 11.3. The zero-order chi connectivity index (χ0) is 22.9. The summed E-state index contributed by atoms with van der Waals surface area (Å²) in [5.41, 5.74) is 1.03. The molecule has 0 aromatic heterocycles. The van der Waals surface area contributed by atoms with Crippen molar-refractivity contribution in [1.29, 1.82) is 0 Å². The fourth-order valence-electron chi connectivity index (χ4n) is 2.97. The molecule has 4 nitrogen and oxygen atoms in total. The Morgan fingerprint density at radius 1 is 0.733 bits per heavy atom. The summed E-state index contributed by atoms with van der Waals surface area (Å²) in [6.45, 7) is 18.4. The summed E-state index contributed by atoms with van der Waals surface area (Å²) in [7, 11) is 0. The van der Waals surface area contributed by atoms with E-state index in [1.54, 1.807) is 24.3 Å². The monoisotopic (exact) mass is 418 g/mol. The summed E-state index contributed by atoms with van der Waals surface area (Å²) in [5.74, 6) is 0.151. The minimum atomic E-state index is -0.465. The van der Waals surface area contributed by atoms with Crippen LogP contribution in [0.4, 0.5) is 0 Å². The molecule has 0 aliphatic rings. The van der Waals surface area contributed by atoms with E-state index in [9.17, 15) is 9.59 Å². The molecule has 2 atom stereocenters. The topological polar surface area (TPSA) is 52.6 Å². The quantitative estimate of drug-likeness (QED) is 0.305. The van der Waals surface area contributed by atoms with E-state index in [1.165, 1.54) is 0 Å². The van der Waals surface area contributed by atoms with Gasteiger partial charge in [0.1, 0.15) is 0 Å². The maximum absolute atomic E-state index is 12.5. The van der Waals surface area contributed by atoms with Crippen molar-refractivity contribution < 1.29 is 19.1 Å². The summed E-state index contributed by atoms with van der Waals surface area (Å²) in [6, 6.07) is 6.72. The molecule has 0 heterocycles. The van der Waals surface area contributed by atoms with Crippen LogP contribution in [0.3, 0.4) is 0 Å². The molecule has 2 unspecified atom stereocenters. The molecular formula is C26H42O4. The Bertz CT molecular complexity index is 620. The molecule has 30 heavy (non-hydrogen) atoms. The third-order valence-corrected chi connectivity index (χ3v) is 6.35. The van der Waals surface area contributed by atoms with Gasteiger partial charge in [-0.05, 0) is 60.5 Å². The molecule has 0 radical (unpaired) electrons. The van der Waals surface area contributed by atoms with Crippen molar-refractivity contribution in [3.05, 3.63) is 35.4 Å². The van der Waals surface area contributed by atoms with Gasteiger partial charge in [-0.1, -0.05) is 67.5 Å². The van der Waals surface area contributed by atoms with Gasteiger partial charge in [-0.25, -0.2) is 9.59 Å². The van der Waals surface area contributed by atoms with Crippen LogP contribution in [0.5, 0.6) is 0 Å². The number of ether oxygens (including phenoxy) is 2. The third-order valence-electron chi connectivity index (χ3n) is 6.35. The van der Waals surface area contributed by atoms with Crippen molar-refractivity contribution in [3.63, 3.8) is 0 Å². The molecule has 0 bridgehead atoms. The van der Waals surface area contributed by atoms with Crippen molar-refractivity contribution in [2.24, 2.45) is 22.7 Å². The Morgan fingerprint density at radius 2 is 1.07 bits per heavy atom. The van der Waals surface area contributed by atoms with Crippen molar-refractivity contribution in [2.45, 2.75) is 81.1 Å². The lowest BCUT2D eigenvalue weighted by molar-refractivity contribution is 0.0440. The summed E-state index contributed by atoms with van der Waals surface area (Å²) in [4.78, 5) is 25.0. The second-order valence-corrected chi connectivity index (χ2v) is 10.6. The van der Waals surface area contributed by atoms with Crippen molar-refractivity contribution >= 4 is 11.9 Å². The van der Waals surface area contributed by atoms with Gasteiger partial charge in [0, 0.05) is 0 Å². The average Bonchev–Trinajstić information content (AvgIpc) is 2.66. The lowest BCUT2D eigenvalue weighted by Gasteiger charge is -2.27. The summed E-state index contributed by atoms with van der Waals surface area (Å²) >= 11 is 0. The van der Waals surface area contributed by atoms with Crippen LogP contribution < -0.4 is 0 Å². The van der Waals surface area contributed by atoms with Gasteiger partial charge in [-0.2, -0.15) is 0 Å². The Hall–Kier alpha value is -1.84. The number of hydrogen-bond acceptors (Lipinski definition) is 4. The van der Waals surface area contributed by atoms with Crippen LogP contribution in [-0.2, 0) is 9.47 Å². The normalized spacial score (nSPS) is 14.1. The van der Waals surface area contributed by atoms with Crippen LogP contribution in [0.25, 0.3) is 0 Å². The highest BCUT2D eigenvalue weighted by atomic mass is 16.5. The lowest BCUT2D eigenvalue weighted by atomic mass is 9.79. The molecule has 0 saturated heterocycles. The highest BCUT2D eigenvalue weighted by molar-refractivity contribution is 6.03. The fourth-order valence-corrected chi connectivity index (χ4v) is 2.97. The Balaban J connectivity index is 2.54. The number of carbonyl (C=O) groups excluding carboxylic acids is 2. The first-order chi connectivity index (χ1) is 13.8. The number of carbonyl (C=O) groups is 2. The van der Waals surface area contributed by atoms with Crippen LogP contribution in [0.1, 0.15) is 102 Å². The molecule has 170 valence electrons. The van der Waals surface area contributed by atoms with E-state index in [0.29, 0.717) is 25.0 Å². The standard InChI is InChI=1S/C26H42O4/c1-19(25(3,4)5)13-11-17-29-23(27)21-15-9-10-16-22(21)24(28)30-18-12-14-20(2)26(6,7)8/h9-10,15-16,19-20H,11-14,17-18H2,1-8H3. The Kier molecular flexibility index (Phi) is 10.1. The van der Waals surface area contributed by atoms with Crippen molar-refractivity contribution in [2.75, 3.05) is 13.2 Å². The smallest absolute Gasteiger partial charge is 0.339 e. The molecule has 0 saturated carbocycles. The van der Waals surface area contributed by atoms with Crippen LogP contribution in [0.15, 0.2) is 24.3 Å². The molecule has 0 spiro atoms. The SMILES string of the molecule is CC(CCCOC(=O)c1ccccc1C(=O)OCCCC(C)C(C)(C)C)C(C)(C)C. The first kappa shape index (κ1) is 26.2.